The lowest BCUT2D eigenvalue weighted by Gasteiger charge is -2.18. The molecular weight excluding hydrogens is 669 g/mol. The molecule has 0 aliphatic carbocycles. The normalized spacial score (nSPS) is 12.7. The average Bonchev–Trinajstić information content (AvgIpc) is 3.17. The molecule has 0 saturated carbocycles. The molecule has 0 spiro atoms. The van der Waals surface area contributed by atoms with Crippen molar-refractivity contribution in [2.24, 2.45) is 0 Å². The van der Waals surface area contributed by atoms with E-state index in [0.717, 1.165) is 89.9 Å². The molecule has 0 fully saturated rings. The summed E-state index contributed by atoms with van der Waals surface area (Å²) in [5, 5.41) is 0. The van der Waals surface area contributed by atoms with E-state index in [1.165, 1.54) is 89.9 Å². The Labute approximate surface area is 334 Å². The van der Waals surface area contributed by atoms with E-state index < -0.39 is 6.10 Å². The first-order chi connectivity index (χ1) is 26.6. The monoisotopic (exact) mass is 755 g/mol. The first kappa shape index (κ1) is 51.6. The van der Waals surface area contributed by atoms with Crippen LogP contribution in [0.2, 0.25) is 0 Å². The van der Waals surface area contributed by atoms with Crippen LogP contribution in [0.15, 0.2) is 60.8 Å². The molecule has 0 N–H and O–H groups in total. The van der Waals surface area contributed by atoms with Gasteiger partial charge in [-0.25, -0.2) is 0 Å². The van der Waals surface area contributed by atoms with Crippen LogP contribution in [0.5, 0.6) is 0 Å². The van der Waals surface area contributed by atoms with Crippen LogP contribution < -0.4 is 0 Å². The third kappa shape index (κ3) is 42.3. The van der Waals surface area contributed by atoms with Crippen molar-refractivity contribution in [3.63, 3.8) is 0 Å². The molecule has 0 aromatic carbocycles. The van der Waals surface area contributed by atoms with Crippen LogP contribution >= 0.6 is 0 Å². The number of ether oxygens (including phenoxy) is 3. The molecule has 0 aromatic rings. The fraction of sp³-hybridized carbons (Fsp3) is 0.755. The summed E-state index contributed by atoms with van der Waals surface area (Å²) in [5.74, 6) is -0.433. The van der Waals surface area contributed by atoms with Gasteiger partial charge in [-0.2, -0.15) is 0 Å². The summed E-state index contributed by atoms with van der Waals surface area (Å²) in [7, 11) is 0. The second-order valence-corrected chi connectivity index (χ2v) is 14.9. The molecule has 54 heavy (non-hydrogen) atoms. The number of carbonyl (C=O) groups is 2. The molecule has 1 unspecified atom stereocenters. The second kappa shape index (κ2) is 45.0. The number of carbonyl (C=O) groups excluding carboxylic acids is 2. The second-order valence-electron chi connectivity index (χ2n) is 14.9. The minimum Gasteiger partial charge on any atom is -0.462 e. The minimum atomic E-state index is -0.545. The van der Waals surface area contributed by atoms with Crippen molar-refractivity contribution in [2.75, 3.05) is 19.8 Å². The molecule has 0 radical (unpaired) electrons. The standard InChI is InChI=1S/C49H86O5/c1-4-7-10-13-16-18-20-22-24-25-26-27-29-31-34-36-39-42-48(50)53-46-47(54-49(51)43-40-37-33-15-12-9-6-3)45-52-44-41-38-35-32-30-28-23-21-19-17-14-11-8-5-2/h7,10,16,18-19,21-22,24,26-27,47H,4-6,8-9,11-15,17,20,23,25,28-46H2,1-3H3/b10-7-,18-16-,21-19-,24-22-,27-26-. The van der Waals surface area contributed by atoms with E-state index in [1.54, 1.807) is 0 Å². The predicted octanol–water partition coefficient (Wildman–Crippen LogP) is 15.0. The Morgan fingerprint density at radius 1 is 0.426 bits per heavy atom. The van der Waals surface area contributed by atoms with E-state index in [2.05, 4.69) is 81.5 Å². The highest BCUT2D eigenvalue weighted by Crippen LogP contribution is 2.12. The molecule has 312 valence electrons. The third-order valence-corrected chi connectivity index (χ3v) is 9.54. The van der Waals surface area contributed by atoms with Crippen molar-refractivity contribution in [3.8, 4) is 0 Å². The van der Waals surface area contributed by atoms with Crippen LogP contribution in [0.3, 0.4) is 0 Å². The number of hydrogen-bond donors (Lipinski definition) is 0. The molecule has 1 atom stereocenters. The Kier molecular flexibility index (Phi) is 43.0. The zero-order chi connectivity index (χ0) is 39.3. The van der Waals surface area contributed by atoms with Gasteiger partial charge in [0, 0.05) is 19.4 Å². The van der Waals surface area contributed by atoms with E-state index in [4.69, 9.17) is 14.2 Å². The summed E-state index contributed by atoms with van der Waals surface area (Å²) in [4.78, 5) is 25.1. The fourth-order valence-electron chi connectivity index (χ4n) is 6.14. The van der Waals surface area contributed by atoms with Gasteiger partial charge in [-0.15, -0.1) is 0 Å². The lowest BCUT2D eigenvalue weighted by atomic mass is 10.1. The Hall–Kier alpha value is -2.40. The SMILES string of the molecule is CC/C=C\C/C=C\C/C=C\C/C=C\CCCCCCC(=O)OCC(COCCCCCCCC/C=C\CCCCCC)OC(=O)CCCCCCCCC. The largest absolute Gasteiger partial charge is 0.462 e. The highest BCUT2D eigenvalue weighted by Gasteiger charge is 2.17. The van der Waals surface area contributed by atoms with Gasteiger partial charge in [0.25, 0.3) is 0 Å². The number of esters is 2. The molecular formula is C49H86O5. The number of rotatable bonds is 41. The zero-order valence-electron chi connectivity index (χ0n) is 35.7. The summed E-state index contributed by atoms with van der Waals surface area (Å²) in [6.45, 7) is 7.63. The van der Waals surface area contributed by atoms with Crippen molar-refractivity contribution in [3.05, 3.63) is 60.8 Å². The Morgan fingerprint density at radius 3 is 1.37 bits per heavy atom. The lowest BCUT2D eigenvalue weighted by Crippen LogP contribution is -2.30. The van der Waals surface area contributed by atoms with Gasteiger partial charge in [-0.3, -0.25) is 9.59 Å². The summed E-state index contributed by atoms with van der Waals surface area (Å²) in [6, 6.07) is 0. The molecule has 0 heterocycles. The maximum Gasteiger partial charge on any atom is 0.306 e. The van der Waals surface area contributed by atoms with E-state index in [1.807, 2.05) is 0 Å². The molecule has 5 heteroatoms. The molecule has 0 amide bonds. The van der Waals surface area contributed by atoms with Crippen LogP contribution in [-0.4, -0.2) is 37.9 Å². The summed E-state index contributed by atoms with van der Waals surface area (Å²) >= 11 is 0. The first-order valence-electron chi connectivity index (χ1n) is 22.8. The van der Waals surface area contributed by atoms with E-state index >= 15 is 0 Å². The highest BCUT2D eigenvalue weighted by molar-refractivity contribution is 5.70. The maximum absolute atomic E-state index is 12.6. The Morgan fingerprint density at radius 2 is 0.833 bits per heavy atom. The minimum absolute atomic E-state index is 0.0700. The molecule has 0 bridgehead atoms. The van der Waals surface area contributed by atoms with Crippen molar-refractivity contribution < 1.29 is 23.8 Å². The van der Waals surface area contributed by atoms with Gasteiger partial charge in [0.15, 0.2) is 6.10 Å². The van der Waals surface area contributed by atoms with Gasteiger partial charge in [0.1, 0.15) is 6.61 Å². The van der Waals surface area contributed by atoms with Crippen LogP contribution in [-0.2, 0) is 23.8 Å². The van der Waals surface area contributed by atoms with E-state index in [-0.39, 0.29) is 25.2 Å². The van der Waals surface area contributed by atoms with Gasteiger partial charge in [0.05, 0.1) is 6.61 Å². The fourth-order valence-corrected chi connectivity index (χ4v) is 6.14. The summed E-state index contributed by atoms with van der Waals surface area (Å²) < 4.78 is 17.2. The van der Waals surface area contributed by atoms with Gasteiger partial charge < -0.3 is 14.2 Å². The van der Waals surface area contributed by atoms with Gasteiger partial charge in [0.2, 0.25) is 0 Å². The van der Waals surface area contributed by atoms with Crippen molar-refractivity contribution in [1.82, 2.24) is 0 Å². The number of allylic oxidation sites excluding steroid dienone is 10. The van der Waals surface area contributed by atoms with Crippen LogP contribution in [0.25, 0.3) is 0 Å². The van der Waals surface area contributed by atoms with Crippen LogP contribution in [0.1, 0.15) is 213 Å². The Bertz CT molecular complexity index is 946. The third-order valence-electron chi connectivity index (χ3n) is 9.54. The molecule has 0 saturated heterocycles. The van der Waals surface area contributed by atoms with Gasteiger partial charge in [-0.1, -0.05) is 178 Å². The Balaban J connectivity index is 4.21. The van der Waals surface area contributed by atoms with Gasteiger partial charge >= 0.3 is 11.9 Å². The lowest BCUT2D eigenvalue weighted by molar-refractivity contribution is -0.163. The topological polar surface area (TPSA) is 61.8 Å². The van der Waals surface area contributed by atoms with Crippen molar-refractivity contribution >= 4 is 11.9 Å². The molecule has 0 aliphatic heterocycles. The zero-order valence-corrected chi connectivity index (χ0v) is 35.7. The smallest absolute Gasteiger partial charge is 0.306 e. The van der Waals surface area contributed by atoms with Crippen molar-refractivity contribution in [2.45, 2.75) is 219 Å². The molecule has 0 aliphatic rings. The van der Waals surface area contributed by atoms with Crippen LogP contribution in [0.4, 0.5) is 0 Å². The number of unbranched alkanes of at least 4 members (excludes halogenated alkanes) is 20. The van der Waals surface area contributed by atoms with E-state index in [9.17, 15) is 9.59 Å². The highest BCUT2D eigenvalue weighted by atomic mass is 16.6. The molecule has 0 aromatic heterocycles. The maximum atomic E-state index is 12.6. The van der Waals surface area contributed by atoms with Gasteiger partial charge in [-0.05, 0) is 83.5 Å². The summed E-state index contributed by atoms with van der Waals surface area (Å²) in [6.07, 6.45) is 55.1. The van der Waals surface area contributed by atoms with Crippen LogP contribution in [0, 0.1) is 0 Å². The number of hydrogen-bond acceptors (Lipinski definition) is 5. The first-order valence-corrected chi connectivity index (χ1v) is 22.8. The molecule has 5 nitrogen and oxygen atoms in total. The van der Waals surface area contributed by atoms with E-state index in [0.29, 0.717) is 19.4 Å². The molecule has 0 rings (SSSR count). The predicted molar refractivity (Wildman–Crippen MR) is 233 cm³/mol. The summed E-state index contributed by atoms with van der Waals surface area (Å²) in [5.41, 5.74) is 0. The quantitative estimate of drug-likeness (QED) is 0.0353. The average molecular weight is 755 g/mol. The van der Waals surface area contributed by atoms with Crippen molar-refractivity contribution in [1.29, 1.82) is 0 Å².